The maximum Gasteiger partial charge on any atom is 0.0929 e. The highest BCUT2D eigenvalue weighted by molar-refractivity contribution is 6.33. The van der Waals surface area contributed by atoms with Gasteiger partial charge in [-0.15, -0.1) is 0 Å². The molecule has 0 fully saturated rings. The Morgan fingerprint density at radius 3 is 2.45 bits per heavy atom. The first-order valence-corrected chi connectivity index (χ1v) is 7.68. The van der Waals surface area contributed by atoms with E-state index in [4.69, 9.17) is 23.2 Å². The predicted octanol–water partition coefficient (Wildman–Crippen LogP) is 3.42. The minimum absolute atomic E-state index is 0.127. The highest BCUT2D eigenvalue weighted by Gasteiger charge is 2.25. The zero-order valence-electron chi connectivity index (χ0n) is 12.0. The molecule has 0 aliphatic heterocycles. The second-order valence-corrected chi connectivity index (χ2v) is 6.02. The minimum atomic E-state index is -0.716. The van der Waals surface area contributed by atoms with Crippen molar-refractivity contribution in [1.82, 2.24) is 5.32 Å². The van der Waals surface area contributed by atoms with Crippen molar-refractivity contribution >= 4 is 23.2 Å². The molecular formula is C15H23Cl2NO2. The van der Waals surface area contributed by atoms with Gasteiger partial charge in [-0.1, -0.05) is 37.0 Å². The Labute approximate surface area is 130 Å². The molecule has 5 heteroatoms. The molecule has 20 heavy (non-hydrogen) atoms. The SMILES string of the molecule is CCC(CC)(CO)CNCC(O)c1cc(Cl)ccc1Cl. The van der Waals surface area contributed by atoms with E-state index in [2.05, 4.69) is 19.2 Å². The lowest BCUT2D eigenvalue weighted by Crippen LogP contribution is -2.38. The molecule has 3 N–H and O–H groups in total. The topological polar surface area (TPSA) is 52.5 Å². The fourth-order valence-electron chi connectivity index (χ4n) is 2.13. The van der Waals surface area contributed by atoms with Gasteiger partial charge >= 0.3 is 0 Å². The summed E-state index contributed by atoms with van der Waals surface area (Å²) in [5, 5.41) is 23.9. The van der Waals surface area contributed by atoms with Crippen molar-refractivity contribution in [2.24, 2.45) is 5.41 Å². The first-order chi connectivity index (χ1) is 9.48. The van der Waals surface area contributed by atoms with Crippen molar-refractivity contribution in [3.05, 3.63) is 33.8 Å². The largest absolute Gasteiger partial charge is 0.396 e. The summed E-state index contributed by atoms with van der Waals surface area (Å²) in [7, 11) is 0. The molecule has 0 bridgehead atoms. The third-order valence-electron chi connectivity index (χ3n) is 3.99. The van der Waals surface area contributed by atoms with Crippen LogP contribution in [0.4, 0.5) is 0 Å². The van der Waals surface area contributed by atoms with Crippen LogP contribution in [0.1, 0.15) is 38.4 Å². The van der Waals surface area contributed by atoms with E-state index < -0.39 is 6.10 Å². The van der Waals surface area contributed by atoms with Crippen molar-refractivity contribution in [2.75, 3.05) is 19.7 Å². The lowest BCUT2D eigenvalue weighted by molar-refractivity contribution is 0.104. The van der Waals surface area contributed by atoms with Crippen LogP contribution in [0.2, 0.25) is 10.0 Å². The molecule has 0 amide bonds. The average Bonchev–Trinajstić information content (AvgIpc) is 2.46. The number of hydrogen-bond acceptors (Lipinski definition) is 3. The van der Waals surface area contributed by atoms with Crippen LogP contribution < -0.4 is 5.32 Å². The van der Waals surface area contributed by atoms with E-state index in [-0.39, 0.29) is 12.0 Å². The number of aliphatic hydroxyl groups excluding tert-OH is 2. The van der Waals surface area contributed by atoms with E-state index in [1.165, 1.54) is 0 Å². The Bertz CT molecular complexity index is 414. The third-order valence-corrected chi connectivity index (χ3v) is 4.57. The fraction of sp³-hybridized carbons (Fsp3) is 0.600. The number of hydrogen-bond donors (Lipinski definition) is 3. The van der Waals surface area contributed by atoms with Gasteiger partial charge < -0.3 is 15.5 Å². The molecule has 0 radical (unpaired) electrons. The number of halogens is 2. The van der Waals surface area contributed by atoms with Crippen LogP contribution in [0.5, 0.6) is 0 Å². The zero-order valence-corrected chi connectivity index (χ0v) is 13.5. The van der Waals surface area contributed by atoms with Crippen LogP contribution >= 0.6 is 23.2 Å². The van der Waals surface area contributed by atoms with Gasteiger partial charge in [-0.05, 0) is 31.0 Å². The van der Waals surface area contributed by atoms with E-state index in [1.54, 1.807) is 18.2 Å². The standard InChI is InChI=1S/C15H23Cl2NO2/c1-3-15(4-2,10-19)9-18-8-14(20)12-7-11(16)5-6-13(12)17/h5-7,14,18-20H,3-4,8-10H2,1-2H3. The number of aliphatic hydroxyl groups is 2. The molecule has 0 aliphatic rings. The quantitative estimate of drug-likeness (QED) is 0.688. The Morgan fingerprint density at radius 2 is 1.90 bits per heavy atom. The molecule has 0 saturated heterocycles. The molecule has 0 heterocycles. The minimum Gasteiger partial charge on any atom is -0.396 e. The molecule has 0 spiro atoms. The highest BCUT2D eigenvalue weighted by Crippen LogP contribution is 2.27. The number of nitrogens with one attached hydrogen (secondary N) is 1. The maximum absolute atomic E-state index is 10.2. The molecule has 0 aliphatic carbocycles. The molecule has 1 aromatic rings. The van der Waals surface area contributed by atoms with Crippen LogP contribution in [0.25, 0.3) is 0 Å². The average molecular weight is 320 g/mol. The van der Waals surface area contributed by atoms with Crippen LogP contribution in [-0.4, -0.2) is 29.9 Å². The van der Waals surface area contributed by atoms with Gasteiger partial charge in [-0.3, -0.25) is 0 Å². The van der Waals surface area contributed by atoms with Crippen LogP contribution in [0.15, 0.2) is 18.2 Å². The van der Waals surface area contributed by atoms with E-state index >= 15 is 0 Å². The lowest BCUT2D eigenvalue weighted by atomic mass is 9.83. The Hall–Kier alpha value is -0.320. The first-order valence-electron chi connectivity index (χ1n) is 6.92. The first kappa shape index (κ1) is 17.7. The molecule has 1 rings (SSSR count). The molecule has 0 aromatic heterocycles. The smallest absolute Gasteiger partial charge is 0.0929 e. The summed E-state index contributed by atoms with van der Waals surface area (Å²) in [6.07, 6.45) is 1.06. The van der Waals surface area contributed by atoms with Crippen molar-refractivity contribution in [3.63, 3.8) is 0 Å². The predicted molar refractivity (Wildman–Crippen MR) is 84.4 cm³/mol. The third kappa shape index (κ3) is 4.61. The van der Waals surface area contributed by atoms with Crippen LogP contribution in [0.3, 0.4) is 0 Å². The van der Waals surface area contributed by atoms with Gasteiger partial charge in [0.25, 0.3) is 0 Å². The van der Waals surface area contributed by atoms with Crippen molar-refractivity contribution in [3.8, 4) is 0 Å². The summed E-state index contributed by atoms with van der Waals surface area (Å²) in [5.41, 5.74) is 0.493. The number of rotatable bonds is 8. The van der Waals surface area contributed by atoms with Gasteiger partial charge in [0.05, 0.1) is 6.10 Å². The molecule has 1 atom stereocenters. The second kappa shape index (κ2) is 8.20. The highest BCUT2D eigenvalue weighted by atomic mass is 35.5. The van der Waals surface area contributed by atoms with Crippen LogP contribution in [0, 0.1) is 5.41 Å². The Morgan fingerprint density at radius 1 is 1.25 bits per heavy atom. The summed E-state index contributed by atoms with van der Waals surface area (Å²) < 4.78 is 0. The van der Waals surface area contributed by atoms with Gasteiger partial charge in [0.2, 0.25) is 0 Å². The van der Waals surface area contributed by atoms with Gasteiger partial charge in [-0.25, -0.2) is 0 Å². The summed E-state index contributed by atoms with van der Waals surface area (Å²) in [5.74, 6) is 0. The normalized spacial score (nSPS) is 13.5. The fourth-order valence-corrected chi connectivity index (χ4v) is 2.56. The zero-order chi connectivity index (χ0) is 15.2. The lowest BCUT2D eigenvalue weighted by Gasteiger charge is -2.30. The summed E-state index contributed by atoms with van der Waals surface area (Å²) in [4.78, 5) is 0. The molecule has 3 nitrogen and oxygen atoms in total. The molecule has 1 unspecified atom stereocenters. The van der Waals surface area contributed by atoms with Gasteiger partial charge in [0.1, 0.15) is 0 Å². The number of benzene rings is 1. The summed E-state index contributed by atoms with van der Waals surface area (Å²) in [6.45, 7) is 5.30. The Balaban J connectivity index is 2.59. The van der Waals surface area contributed by atoms with E-state index in [0.29, 0.717) is 28.7 Å². The van der Waals surface area contributed by atoms with Gasteiger partial charge in [0.15, 0.2) is 0 Å². The summed E-state index contributed by atoms with van der Waals surface area (Å²) in [6, 6.07) is 5.05. The van der Waals surface area contributed by atoms with E-state index in [0.717, 1.165) is 12.8 Å². The van der Waals surface area contributed by atoms with Crippen molar-refractivity contribution in [2.45, 2.75) is 32.8 Å². The molecular weight excluding hydrogens is 297 g/mol. The maximum atomic E-state index is 10.2. The van der Waals surface area contributed by atoms with Gasteiger partial charge in [-0.2, -0.15) is 0 Å². The molecule has 114 valence electrons. The molecule has 0 saturated carbocycles. The van der Waals surface area contributed by atoms with E-state index in [9.17, 15) is 10.2 Å². The van der Waals surface area contributed by atoms with Crippen LogP contribution in [-0.2, 0) is 0 Å². The molecule has 1 aromatic carbocycles. The Kier molecular flexibility index (Phi) is 7.27. The van der Waals surface area contributed by atoms with E-state index in [1.807, 2.05) is 0 Å². The van der Waals surface area contributed by atoms with Crippen molar-refractivity contribution in [1.29, 1.82) is 0 Å². The monoisotopic (exact) mass is 319 g/mol. The second-order valence-electron chi connectivity index (χ2n) is 5.18. The summed E-state index contributed by atoms with van der Waals surface area (Å²) >= 11 is 12.0. The van der Waals surface area contributed by atoms with Gasteiger partial charge in [0, 0.05) is 40.7 Å². The van der Waals surface area contributed by atoms with Crippen molar-refractivity contribution < 1.29 is 10.2 Å².